The second-order valence-electron chi connectivity index (χ2n) is 15.3. The Morgan fingerprint density at radius 3 is 2.31 bits per heavy atom. The molecule has 2 heterocycles. The van der Waals surface area contributed by atoms with Gasteiger partial charge in [0.1, 0.15) is 23.8 Å². The maximum atomic E-state index is 14.6. The summed E-state index contributed by atoms with van der Waals surface area (Å²) in [4.78, 5) is 91.7. The first-order valence-corrected chi connectivity index (χ1v) is 18.1. The Morgan fingerprint density at radius 1 is 0.939 bits per heavy atom. The molecule has 49 heavy (non-hydrogen) atoms. The van der Waals surface area contributed by atoms with E-state index in [9.17, 15) is 28.8 Å². The molecule has 5 amide bonds. The van der Waals surface area contributed by atoms with E-state index in [-0.39, 0.29) is 35.9 Å². The van der Waals surface area contributed by atoms with Crippen molar-refractivity contribution in [3.8, 4) is 0 Å². The van der Waals surface area contributed by atoms with E-state index >= 15 is 0 Å². The number of likely N-dealkylation sites (tertiary alicyclic amines) is 1. The van der Waals surface area contributed by atoms with Gasteiger partial charge in [-0.1, -0.05) is 59.8 Å². The molecule has 13 nitrogen and oxygen atoms in total. The number of hydrogen-bond donors (Lipinski definition) is 4. The van der Waals surface area contributed by atoms with Gasteiger partial charge in [0.2, 0.25) is 23.5 Å². The molecule has 1 aromatic rings. The minimum absolute atomic E-state index is 0.0486. The third kappa shape index (κ3) is 8.83. The zero-order valence-corrected chi connectivity index (χ0v) is 29.3. The third-order valence-corrected chi connectivity index (χ3v) is 10.5. The SMILES string of the molecule is [2H][C@@](CCC)(NC(=O)[C@@H]1[C@H]2CCC[C@H]2CN1C(=O)[C@@H](NC(=O)[C@@H](NC(=O)c1cnccn1)C1CCCCC1)C(C)(C)C)C(=O)C(=O)NC1CC1. The highest BCUT2D eigenvalue weighted by Crippen LogP contribution is 2.43. The van der Waals surface area contributed by atoms with Gasteiger partial charge in [0.25, 0.3) is 11.8 Å². The summed E-state index contributed by atoms with van der Waals surface area (Å²) in [7, 11) is 0. The van der Waals surface area contributed by atoms with Crippen molar-refractivity contribution in [2.45, 2.75) is 135 Å². The highest BCUT2D eigenvalue weighted by atomic mass is 16.2. The number of hydrogen-bond acceptors (Lipinski definition) is 8. The van der Waals surface area contributed by atoms with E-state index in [1.165, 1.54) is 23.5 Å². The van der Waals surface area contributed by atoms with E-state index in [1.54, 1.807) is 6.92 Å². The molecule has 0 unspecified atom stereocenters. The van der Waals surface area contributed by atoms with Crippen molar-refractivity contribution in [2.24, 2.45) is 23.2 Å². The Bertz CT molecular complexity index is 1440. The number of fused-ring (bicyclic) bond motifs is 1. The van der Waals surface area contributed by atoms with Crippen molar-refractivity contribution in [3.05, 3.63) is 24.3 Å². The second kappa shape index (κ2) is 15.8. The number of amides is 5. The molecule has 4 aliphatic rings. The van der Waals surface area contributed by atoms with E-state index in [2.05, 4.69) is 31.2 Å². The van der Waals surface area contributed by atoms with Gasteiger partial charge in [0, 0.05) is 25.0 Å². The molecule has 13 heteroatoms. The van der Waals surface area contributed by atoms with Crippen LogP contribution in [0.3, 0.4) is 0 Å². The molecule has 0 aromatic carbocycles. The van der Waals surface area contributed by atoms with Gasteiger partial charge in [-0.3, -0.25) is 33.8 Å². The summed E-state index contributed by atoms with van der Waals surface area (Å²) in [6, 6.07) is -5.19. The van der Waals surface area contributed by atoms with Crippen LogP contribution in [0.4, 0.5) is 0 Å². The van der Waals surface area contributed by atoms with Crippen LogP contribution in [0.1, 0.15) is 117 Å². The monoisotopic (exact) mass is 680 g/mol. The summed E-state index contributed by atoms with van der Waals surface area (Å²) in [6.45, 7) is 7.58. The number of Topliss-reactive ketones (excluding diaryl/α,β-unsaturated/α-hetero) is 1. The molecule has 4 N–H and O–H groups in total. The van der Waals surface area contributed by atoms with Crippen molar-refractivity contribution >= 4 is 35.3 Å². The predicted octanol–water partition coefficient (Wildman–Crippen LogP) is 2.45. The van der Waals surface area contributed by atoms with Gasteiger partial charge >= 0.3 is 0 Å². The Hall–Kier alpha value is -3.90. The maximum absolute atomic E-state index is 14.6. The molecular formula is C36H53N7O6. The number of ketones is 1. The number of rotatable bonds is 13. The zero-order valence-electron chi connectivity index (χ0n) is 30.3. The third-order valence-electron chi connectivity index (χ3n) is 10.5. The summed E-state index contributed by atoms with van der Waals surface area (Å²) in [6.07, 6.45) is 12.8. The largest absolute Gasteiger partial charge is 0.347 e. The lowest BCUT2D eigenvalue weighted by Gasteiger charge is -2.38. The lowest BCUT2D eigenvalue weighted by atomic mass is 9.82. The molecule has 3 aliphatic carbocycles. The highest BCUT2D eigenvalue weighted by molar-refractivity contribution is 6.38. The Morgan fingerprint density at radius 2 is 1.67 bits per heavy atom. The van der Waals surface area contributed by atoms with Crippen LogP contribution in [0.5, 0.6) is 0 Å². The number of nitrogens with one attached hydrogen (secondary N) is 4. The van der Waals surface area contributed by atoms with Gasteiger partial charge in [-0.2, -0.15) is 0 Å². The van der Waals surface area contributed by atoms with Gasteiger partial charge in [-0.25, -0.2) is 4.98 Å². The number of carbonyl (C=O) groups excluding carboxylic acids is 6. The van der Waals surface area contributed by atoms with Crippen LogP contribution in [-0.2, 0) is 24.0 Å². The van der Waals surface area contributed by atoms with Gasteiger partial charge in [0.15, 0.2) is 0 Å². The fraction of sp³-hybridized carbons (Fsp3) is 0.722. The van der Waals surface area contributed by atoms with Gasteiger partial charge in [0.05, 0.1) is 13.6 Å². The van der Waals surface area contributed by atoms with E-state index in [0.717, 1.165) is 57.8 Å². The molecule has 6 atom stereocenters. The van der Waals surface area contributed by atoms with Crippen molar-refractivity contribution in [1.29, 1.82) is 0 Å². The summed E-state index contributed by atoms with van der Waals surface area (Å²) in [5.74, 6) is -4.26. The summed E-state index contributed by atoms with van der Waals surface area (Å²) in [5.41, 5.74) is -0.700. The molecule has 0 spiro atoms. The molecule has 3 saturated carbocycles. The fourth-order valence-electron chi connectivity index (χ4n) is 7.73. The summed E-state index contributed by atoms with van der Waals surface area (Å²) >= 11 is 0. The van der Waals surface area contributed by atoms with Crippen LogP contribution >= 0.6 is 0 Å². The normalized spacial score (nSPS) is 25.2. The quantitative estimate of drug-likeness (QED) is 0.230. The zero-order chi connectivity index (χ0) is 36.2. The van der Waals surface area contributed by atoms with Crippen LogP contribution < -0.4 is 21.3 Å². The Labute approximate surface area is 290 Å². The lowest BCUT2D eigenvalue weighted by molar-refractivity contribution is -0.146. The average molecular weight is 681 g/mol. The van der Waals surface area contributed by atoms with E-state index in [1.807, 2.05) is 20.8 Å². The first-order chi connectivity index (χ1) is 23.7. The number of nitrogens with zero attached hydrogens (tertiary/aromatic N) is 3. The smallest absolute Gasteiger partial charge is 0.289 e. The Balaban J connectivity index is 1.38. The van der Waals surface area contributed by atoms with Gasteiger partial charge in [-0.05, 0) is 68.1 Å². The molecular weight excluding hydrogens is 626 g/mol. The molecule has 268 valence electrons. The summed E-state index contributed by atoms with van der Waals surface area (Å²) < 4.78 is 8.97. The number of aromatic nitrogens is 2. The van der Waals surface area contributed by atoms with E-state index in [4.69, 9.17) is 1.37 Å². The first kappa shape index (κ1) is 34.9. The fourth-order valence-corrected chi connectivity index (χ4v) is 7.73. The average Bonchev–Trinajstić information content (AvgIpc) is 3.65. The highest BCUT2D eigenvalue weighted by Gasteiger charge is 2.52. The van der Waals surface area contributed by atoms with Gasteiger partial charge in [-0.15, -0.1) is 0 Å². The van der Waals surface area contributed by atoms with E-state index < -0.39 is 64.9 Å². The minimum Gasteiger partial charge on any atom is -0.347 e. The van der Waals surface area contributed by atoms with Gasteiger partial charge < -0.3 is 26.2 Å². The molecule has 0 radical (unpaired) electrons. The first-order valence-electron chi connectivity index (χ1n) is 18.6. The van der Waals surface area contributed by atoms with Crippen LogP contribution in [-0.4, -0.2) is 86.9 Å². The van der Waals surface area contributed by atoms with Crippen molar-refractivity contribution in [2.75, 3.05) is 6.54 Å². The van der Waals surface area contributed by atoms with Crippen LogP contribution in [0.15, 0.2) is 18.6 Å². The maximum Gasteiger partial charge on any atom is 0.289 e. The molecule has 0 bridgehead atoms. The van der Waals surface area contributed by atoms with Crippen molar-refractivity contribution < 1.29 is 30.1 Å². The van der Waals surface area contributed by atoms with Crippen molar-refractivity contribution in [1.82, 2.24) is 36.1 Å². The van der Waals surface area contributed by atoms with Crippen LogP contribution in [0, 0.1) is 23.2 Å². The topological polar surface area (TPSA) is 180 Å². The standard InChI is InChI=1S/C36H53N7O6/c1-5-10-25(29(44)34(48)39-23-15-16-23)40-33(47)28-24-14-9-13-22(24)20-43(28)35(49)30(36(2,3)4)42-32(46)27(21-11-7-6-8-12-21)41-31(45)26-19-37-17-18-38-26/h17-19,21-25,27-28,30H,5-16,20H2,1-4H3,(H,39,48)(H,40,47)(H,41,45)(H,42,46)/t22-,24-,25-,27-,28-,30+/m0/s1/i25D. The lowest BCUT2D eigenvalue weighted by Crippen LogP contribution is -2.62. The molecule has 1 saturated heterocycles. The van der Waals surface area contributed by atoms with E-state index in [0.29, 0.717) is 19.4 Å². The molecule has 5 rings (SSSR count). The molecule has 1 aliphatic heterocycles. The minimum atomic E-state index is -2.18. The summed E-state index contributed by atoms with van der Waals surface area (Å²) in [5, 5.41) is 11.1. The van der Waals surface area contributed by atoms with Crippen LogP contribution in [0.25, 0.3) is 0 Å². The van der Waals surface area contributed by atoms with Crippen LogP contribution in [0.2, 0.25) is 0 Å². The molecule has 4 fully saturated rings. The number of carbonyl (C=O) groups is 6. The second-order valence-corrected chi connectivity index (χ2v) is 15.3. The predicted molar refractivity (Wildman–Crippen MR) is 181 cm³/mol. The Kier molecular flexibility index (Phi) is 11.2. The molecule has 1 aromatic heterocycles. The van der Waals surface area contributed by atoms with Crippen molar-refractivity contribution in [3.63, 3.8) is 0 Å².